The third-order valence-corrected chi connectivity index (χ3v) is 6.31. The van der Waals surface area contributed by atoms with Crippen LogP contribution in [0.3, 0.4) is 0 Å². The Morgan fingerprint density at radius 1 is 1.00 bits per heavy atom. The number of nitrogens with one attached hydrogen (secondary N) is 1. The van der Waals surface area contributed by atoms with Crippen LogP contribution in [-0.2, 0) is 4.74 Å². The monoisotopic (exact) mass is 265 g/mol. The summed E-state index contributed by atoms with van der Waals surface area (Å²) in [5.41, 5.74) is 10.4. The molecule has 0 aromatic heterocycles. The number of hydrogen-bond acceptors (Lipinski definition) is 4. The van der Waals surface area contributed by atoms with E-state index >= 15 is 0 Å². The van der Waals surface area contributed by atoms with Gasteiger partial charge in [0.2, 0.25) is 0 Å². The van der Waals surface area contributed by atoms with Gasteiger partial charge in [-0.2, -0.15) is 0 Å². The first kappa shape index (κ1) is 12.6. The first-order valence-corrected chi connectivity index (χ1v) is 8.11. The molecule has 3 N–H and O–H groups in total. The van der Waals surface area contributed by atoms with E-state index in [0.717, 1.165) is 56.5 Å². The number of nitrogens with zero attached hydrogens (tertiary/aromatic N) is 1. The van der Waals surface area contributed by atoms with E-state index in [-0.39, 0.29) is 5.54 Å². The third-order valence-electron chi connectivity index (χ3n) is 6.31. The molecule has 19 heavy (non-hydrogen) atoms. The molecule has 108 valence electrons. The molecular formula is C15H27N3O. The fourth-order valence-electron chi connectivity index (χ4n) is 5.56. The Bertz CT molecular complexity index is 312. The van der Waals surface area contributed by atoms with Crippen molar-refractivity contribution in [2.75, 3.05) is 32.8 Å². The Morgan fingerprint density at radius 2 is 1.58 bits per heavy atom. The van der Waals surface area contributed by atoms with Gasteiger partial charge in [-0.1, -0.05) is 0 Å². The zero-order valence-electron chi connectivity index (χ0n) is 11.8. The molecule has 4 nitrogen and oxygen atoms in total. The lowest BCUT2D eigenvalue weighted by atomic mass is 9.48. The molecule has 4 saturated carbocycles. The van der Waals surface area contributed by atoms with Crippen molar-refractivity contribution in [3.63, 3.8) is 0 Å². The molecule has 0 spiro atoms. The van der Waals surface area contributed by atoms with Crippen LogP contribution < -0.4 is 11.2 Å². The Kier molecular flexibility index (Phi) is 3.10. The second-order valence-electron chi connectivity index (χ2n) is 7.26. The van der Waals surface area contributed by atoms with Gasteiger partial charge in [-0.3, -0.25) is 0 Å². The molecule has 4 heteroatoms. The fraction of sp³-hybridized carbons (Fsp3) is 1.00. The minimum absolute atomic E-state index is 0.199. The maximum absolute atomic E-state index is 6.29. The van der Waals surface area contributed by atoms with Crippen molar-refractivity contribution < 1.29 is 4.74 Å². The van der Waals surface area contributed by atoms with Gasteiger partial charge in [0.05, 0.1) is 18.8 Å². The molecule has 4 aliphatic carbocycles. The molecule has 4 bridgehead atoms. The number of nitrogens with two attached hydrogens (primary N) is 1. The molecule has 1 heterocycles. The lowest BCUT2D eigenvalue weighted by Crippen LogP contribution is -2.72. The van der Waals surface area contributed by atoms with Crippen molar-refractivity contribution in [2.45, 2.75) is 37.6 Å². The molecule has 0 amide bonds. The average molecular weight is 265 g/mol. The lowest BCUT2D eigenvalue weighted by molar-refractivity contribution is -0.115. The molecule has 0 aromatic rings. The van der Waals surface area contributed by atoms with E-state index in [1.807, 2.05) is 0 Å². The number of hydrazine groups is 1. The predicted octanol–water partition coefficient (Wildman–Crippen LogP) is 0.977. The minimum Gasteiger partial charge on any atom is -0.379 e. The normalized spacial score (nSPS) is 49.7. The first-order valence-electron chi connectivity index (χ1n) is 8.11. The van der Waals surface area contributed by atoms with Crippen molar-refractivity contribution in [2.24, 2.45) is 29.4 Å². The fourth-order valence-corrected chi connectivity index (χ4v) is 5.56. The molecule has 0 radical (unpaired) electrons. The van der Waals surface area contributed by atoms with E-state index in [0.29, 0.717) is 0 Å². The smallest absolute Gasteiger partial charge is 0.0608 e. The largest absolute Gasteiger partial charge is 0.379 e. The van der Waals surface area contributed by atoms with Crippen LogP contribution in [0, 0.1) is 23.7 Å². The summed E-state index contributed by atoms with van der Waals surface area (Å²) in [6.07, 6.45) is 7.18. The lowest BCUT2D eigenvalue weighted by Gasteiger charge is -2.62. The molecule has 1 aliphatic heterocycles. The van der Waals surface area contributed by atoms with Crippen molar-refractivity contribution in [3.05, 3.63) is 0 Å². The van der Waals surface area contributed by atoms with Crippen LogP contribution >= 0.6 is 0 Å². The molecule has 5 fully saturated rings. The van der Waals surface area contributed by atoms with Crippen molar-refractivity contribution >= 4 is 0 Å². The highest BCUT2D eigenvalue weighted by Gasteiger charge is 2.57. The highest BCUT2D eigenvalue weighted by atomic mass is 16.5. The number of hydrogen-bond donors (Lipinski definition) is 2. The highest BCUT2D eigenvalue weighted by Crippen LogP contribution is 2.58. The molecule has 0 aromatic carbocycles. The molecule has 5 rings (SSSR count). The van der Waals surface area contributed by atoms with E-state index in [1.54, 1.807) is 0 Å². The maximum atomic E-state index is 6.29. The molecule has 0 atom stereocenters. The van der Waals surface area contributed by atoms with E-state index in [9.17, 15) is 0 Å². The summed E-state index contributed by atoms with van der Waals surface area (Å²) in [5, 5.41) is 2.39. The van der Waals surface area contributed by atoms with Gasteiger partial charge in [-0.05, 0) is 55.8 Å². The first-order chi connectivity index (χ1) is 9.30. The van der Waals surface area contributed by atoms with Crippen LogP contribution in [-0.4, -0.2) is 43.4 Å². The van der Waals surface area contributed by atoms with Crippen molar-refractivity contribution in [1.29, 1.82) is 0 Å². The highest BCUT2D eigenvalue weighted by molar-refractivity contribution is 5.11. The van der Waals surface area contributed by atoms with Crippen LogP contribution in [0.15, 0.2) is 0 Å². The second kappa shape index (κ2) is 4.69. The second-order valence-corrected chi connectivity index (χ2v) is 7.26. The summed E-state index contributed by atoms with van der Waals surface area (Å²) >= 11 is 0. The van der Waals surface area contributed by atoms with Gasteiger partial charge in [0.25, 0.3) is 0 Å². The van der Waals surface area contributed by atoms with Gasteiger partial charge in [0.15, 0.2) is 0 Å². The van der Waals surface area contributed by atoms with Gasteiger partial charge in [0.1, 0.15) is 0 Å². The summed E-state index contributed by atoms with van der Waals surface area (Å²) in [6.45, 7) is 4.53. The van der Waals surface area contributed by atoms with Crippen LogP contribution in [0.5, 0.6) is 0 Å². The van der Waals surface area contributed by atoms with Crippen molar-refractivity contribution in [3.8, 4) is 0 Å². The number of morpholine rings is 1. The SMILES string of the molecule is NCC1(NN2CCOCC2)C2CC3CC(C2)CC1C3. The zero-order chi connectivity index (χ0) is 12.9. The molecule has 5 aliphatic rings. The van der Waals surface area contributed by atoms with Gasteiger partial charge < -0.3 is 10.5 Å². The molecular weight excluding hydrogens is 238 g/mol. The standard InChI is InChI=1S/C15H27N3O/c16-10-15(17-18-1-3-19-4-2-18)13-6-11-5-12(8-13)9-14(15)7-11/h11-14,17H,1-10,16H2. The van der Waals surface area contributed by atoms with E-state index in [2.05, 4.69) is 10.4 Å². The van der Waals surface area contributed by atoms with Gasteiger partial charge >= 0.3 is 0 Å². The minimum atomic E-state index is 0.199. The van der Waals surface area contributed by atoms with Crippen LogP contribution in [0.2, 0.25) is 0 Å². The van der Waals surface area contributed by atoms with Gasteiger partial charge in [0, 0.05) is 19.6 Å². The Labute approximate surface area is 116 Å². The topological polar surface area (TPSA) is 50.5 Å². The number of ether oxygens (including phenoxy) is 1. The van der Waals surface area contributed by atoms with Crippen LogP contribution in [0.4, 0.5) is 0 Å². The number of rotatable bonds is 3. The maximum Gasteiger partial charge on any atom is 0.0608 e. The van der Waals surface area contributed by atoms with Gasteiger partial charge in [-0.25, -0.2) is 10.4 Å². The van der Waals surface area contributed by atoms with Crippen molar-refractivity contribution in [1.82, 2.24) is 10.4 Å². The van der Waals surface area contributed by atoms with E-state index < -0.39 is 0 Å². The average Bonchev–Trinajstić information content (AvgIpc) is 2.43. The molecule has 0 unspecified atom stereocenters. The summed E-state index contributed by atoms with van der Waals surface area (Å²) in [5.74, 6) is 3.65. The van der Waals surface area contributed by atoms with Gasteiger partial charge in [-0.15, -0.1) is 0 Å². The van der Waals surface area contributed by atoms with E-state index in [4.69, 9.17) is 10.5 Å². The summed E-state index contributed by atoms with van der Waals surface area (Å²) in [7, 11) is 0. The summed E-state index contributed by atoms with van der Waals surface area (Å²) < 4.78 is 5.46. The Morgan fingerprint density at radius 3 is 2.11 bits per heavy atom. The summed E-state index contributed by atoms with van der Waals surface area (Å²) in [6, 6.07) is 0. The molecule has 1 saturated heterocycles. The predicted molar refractivity (Wildman–Crippen MR) is 74.4 cm³/mol. The van der Waals surface area contributed by atoms with Crippen LogP contribution in [0.25, 0.3) is 0 Å². The van der Waals surface area contributed by atoms with Crippen LogP contribution in [0.1, 0.15) is 32.1 Å². The zero-order valence-corrected chi connectivity index (χ0v) is 11.8. The Hall–Kier alpha value is -0.160. The Balaban J connectivity index is 1.55. The third kappa shape index (κ3) is 1.96. The van der Waals surface area contributed by atoms with E-state index in [1.165, 1.54) is 32.1 Å². The quantitative estimate of drug-likeness (QED) is 0.798. The summed E-state index contributed by atoms with van der Waals surface area (Å²) in [4.78, 5) is 0.